The Morgan fingerprint density at radius 2 is 1.84 bits per heavy atom. The Balaban J connectivity index is 1.34. The van der Waals surface area contributed by atoms with Crippen LogP contribution in [0.1, 0.15) is 17.2 Å². The van der Waals surface area contributed by atoms with Crippen molar-refractivity contribution in [3.05, 3.63) is 108 Å². The van der Waals surface area contributed by atoms with Crippen LogP contribution in [0.25, 0.3) is 23.0 Å². The fourth-order valence-corrected chi connectivity index (χ4v) is 4.40. The van der Waals surface area contributed by atoms with Gasteiger partial charge in [0, 0.05) is 55.4 Å². The van der Waals surface area contributed by atoms with Gasteiger partial charge in [-0.1, -0.05) is 30.3 Å². The van der Waals surface area contributed by atoms with Crippen LogP contribution in [-0.2, 0) is 9.53 Å². The molecule has 1 N–H and O–H groups in total. The van der Waals surface area contributed by atoms with Gasteiger partial charge in [-0.3, -0.25) is 14.7 Å². The maximum Gasteiger partial charge on any atom is 0.244 e. The molecular formula is C29H28FN5O2. The largest absolute Gasteiger partial charge is 0.379 e. The van der Waals surface area contributed by atoms with Crippen molar-refractivity contribution in [2.75, 3.05) is 32.8 Å². The fourth-order valence-electron chi connectivity index (χ4n) is 4.40. The lowest BCUT2D eigenvalue weighted by Gasteiger charge is -2.34. The number of para-hydroxylation sites is 1. The molecule has 1 amide bonds. The number of morpholine rings is 1. The number of ether oxygens (including phenoxy) is 1. The molecule has 2 aromatic carbocycles. The third-order valence-corrected chi connectivity index (χ3v) is 6.32. The lowest BCUT2D eigenvalue weighted by Crippen LogP contribution is -2.43. The maximum atomic E-state index is 13.5. The van der Waals surface area contributed by atoms with Crippen molar-refractivity contribution in [1.29, 1.82) is 0 Å². The van der Waals surface area contributed by atoms with Gasteiger partial charge >= 0.3 is 0 Å². The Morgan fingerprint density at radius 3 is 2.57 bits per heavy atom. The van der Waals surface area contributed by atoms with Gasteiger partial charge in [-0.15, -0.1) is 0 Å². The van der Waals surface area contributed by atoms with Crippen molar-refractivity contribution in [2.24, 2.45) is 0 Å². The van der Waals surface area contributed by atoms with Gasteiger partial charge in [0.25, 0.3) is 0 Å². The Morgan fingerprint density at radius 1 is 1.05 bits per heavy atom. The van der Waals surface area contributed by atoms with Crippen LogP contribution >= 0.6 is 0 Å². The summed E-state index contributed by atoms with van der Waals surface area (Å²) in [6.07, 6.45) is 8.66. The van der Waals surface area contributed by atoms with Crippen molar-refractivity contribution in [3.63, 3.8) is 0 Å². The summed E-state index contributed by atoms with van der Waals surface area (Å²) in [4.78, 5) is 19.3. The van der Waals surface area contributed by atoms with Crippen molar-refractivity contribution in [1.82, 2.24) is 25.0 Å². The monoisotopic (exact) mass is 497 g/mol. The number of carbonyl (C=O) groups excluding carboxylic acids is 1. The third kappa shape index (κ3) is 6.17. The smallest absolute Gasteiger partial charge is 0.244 e. The van der Waals surface area contributed by atoms with Crippen LogP contribution in [0.3, 0.4) is 0 Å². The predicted octanol–water partition coefficient (Wildman–Crippen LogP) is 4.28. The van der Waals surface area contributed by atoms with E-state index in [1.165, 1.54) is 18.2 Å². The van der Waals surface area contributed by atoms with Gasteiger partial charge in [0.05, 0.1) is 24.9 Å². The first-order valence-electron chi connectivity index (χ1n) is 12.3. The molecule has 0 bridgehead atoms. The lowest BCUT2D eigenvalue weighted by atomic mass is 10.0. The molecule has 8 heteroatoms. The summed E-state index contributed by atoms with van der Waals surface area (Å²) < 4.78 is 20.8. The second-order valence-corrected chi connectivity index (χ2v) is 8.75. The topological polar surface area (TPSA) is 72.3 Å². The first kappa shape index (κ1) is 24.5. The van der Waals surface area contributed by atoms with E-state index in [9.17, 15) is 9.18 Å². The molecule has 37 heavy (non-hydrogen) atoms. The van der Waals surface area contributed by atoms with E-state index in [0.717, 1.165) is 41.2 Å². The van der Waals surface area contributed by atoms with Crippen LogP contribution in [0.2, 0.25) is 0 Å². The van der Waals surface area contributed by atoms with Gasteiger partial charge in [0.15, 0.2) is 0 Å². The molecule has 2 aromatic heterocycles. The number of carbonyl (C=O) groups is 1. The molecular weight excluding hydrogens is 469 g/mol. The minimum atomic E-state index is -0.281. The average Bonchev–Trinajstić information content (AvgIpc) is 3.39. The van der Waals surface area contributed by atoms with Gasteiger partial charge in [-0.25, -0.2) is 9.07 Å². The number of aromatic nitrogens is 3. The number of amides is 1. The summed E-state index contributed by atoms with van der Waals surface area (Å²) in [5.74, 6) is -0.498. The molecule has 1 unspecified atom stereocenters. The molecule has 1 fully saturated rings. The molecule has 1 aliphatic rings. The van der Waals surface area contributed by atoms with Crippen LogP contribution in [0, 0.1) is 5.82 Å². The number of hydrogen-bond acceptors (Lipinski definition) is 5. The Bertz CT molecular complexity index is 1330. The summed E-state index contributed by atoms with van der Waals surface area (Å²) in [5.41, 5.74) is 4.27. The van der Waals surface area contributed by atoms with Gasteiger partial charge in [0.2, 0.25) is 5.91 Å². The standard InChI is InChI=1S/C29H28FN5O2/c30-25-11-8-22(9-12-25)27(34-15-17-37-18-16-34)20-32-28(36)13-10-24-21-35(26-6-2-1-3-7-26)33-29(24)23-5-4-14-31-19-23/h1-14,19,21,27H,15-18,20H2,(H,32,36)/b13-10+. The maximum absolute atomic E-state index is 13.5. The van der Waals surface area contributed by atoms with Gasteiger partial charge in [-0.2, -0.15) is 5.10 Å². The highest BCUT2D eigenvalue weighted by atomic mass is 19.1. The second kappa shape index (κ2) is 11.7. The summed E-state index contributed by atoms with van der Waals surface area (Å²) in [7, 11) is 0. The number of benzene rings is 2. The second-order valence-electron chi connectivity index (χ2n) is 8.75. The molecule has 1 aliphatic heterocycles. The van der Waals surface area contributed by atoms with Crippen LogP contribution in [0.15, 0.2) is 91.4 Å². The molecule has 4 aromatic rings. The Labute approximate surface area is 215 Å². The van der Waals surface area contributed by atoms with Crippen LogP contribution in [0.4, 0.5) is 4.39 Å². The third-order valence-electron chi connectivity index (χ3n) is 6.32. The minimum absolute atomic E-state index is 0.0753. The van der Waals surface area contributed by atoms with E-state index < -0.39 is 0 Å². The SMILES string of the molecule is O=C(/C=C/c1cn(-c2ccccc2)nc1-c1cccnc1)NCC(c1ccc(F)cc1)N1CCOCC1. The number of nitrogens with one attached hydrogen (secondary N) is 1. The van der Waals surface area contributed by atoms with Gasteiger partial charge < -0.3 is 10.1 Å². The minimum Gasteiger partial charge on any atom is -0.379 e. The lowest BCUT2D eigenvalue weighted by molar-refractivity contribution is -0.116. The molecule has 1 atom stereocenters. The fraction of sp³-hybridized carbons (Fsp3) is 0.207. The van der Waals surface area contributed by atoms with E-state index in [0.29, 0.717) is 19.8 Å². The van der Waals surface area contributed by atoms with E-state index in [4.69, 9.17) is 9.84 Å². The van der Waals surface area contributed by atoms with Gasteiger partial charge in [-0.05, 0) is 48.0 Å². The number of pyridine rings is 1. The van der Waals surface area contributed by atoms with Gasteiger partial charge in [0.1, 0.15) is 11.5 Å². The molecule has 0 aliphatic carbocycles. The summed E-state index contributed by atoms with van der Waals surface area (Å²) >= 11 is 0. The average molecular weight is 498 g/mol. The quantitative estimate of drug-likeness (QED) is 0.368. The summed E-state index contributed by atoms with van der Waals surface area (Å²) in [5, 5.41) is 7.77. The van der Waals surface area contributed by atoms with Crippen LogP contribution in [0.5, 0.6) is 0 Å². The normalized spacial score (nSPS) is 15.1. The molecule has 7 nitrogen and oxygen atoms in total. The molecule has 5 rings (SSSR count). The Kier molecular flexibility index (Phi) is 7.78. The molecule has 0 radical (unpaired) electrons. The zero-order valence-corrected chi connectivity index (χ0v) is 20.3. The zero-order valence-electron chi connectivity index (χ0n) is 20.3. The number of halogens is 1. The highest BCUT2D eigenvalue weighted by Crippen LogP contribution is 2.25. The first-order chi connectivity index (χ1) is 18.2. The number of rotatable bonds is 8. The highest BCUT2D eigenvalue weighted by Gasteiger charge is 2.23. The Hall–Kier alpha value is -4.14. The van der Waals surface area contributed by atoms with E-state index in [1.807, 2.05) is 48.7 Å². The first-order valence-corrected chi connectivity index (χ1v) is 12.3. The van der Waals surface area contributed by atoms with E-state index in [-0.39, 0.29) is 17.8 Å². The number of hydrogen-bond donors (Lipinski definition) is 1. The van der Waals surface area contributed by atoms with Crippen molar-refractivity contribution in [3.8, 4) is 16.9 Å². The number of nitrogens with zero attached hydrogens (tertiary/aromatic N) is 4. The molecule has 0 saturated carbocycles. The van der Waals surface area contributed by atoms with E-state index >= 15 is 0 Å². The van der Waals surface area contributed by atoms with Crippen molar-refractivity contribution >= 4 is 12.0 Å². The van der Waals surface area contributed by atoms with Crippen molar-refractivity contribution < 1.29 is 13.9 Å². The molecule has 3 heterocycles. The van der Waals surface area contributed by atoms with Crippen LogP contribution < -0.4 is 5.32 Å². The predicted molar refractivity (Wildman–Crippen MR) is 140 cm³/mol. The van der Waals surface area contributed by atoms with Crippen LogP contribution in [-0.4, -0.2) is 58.4 Å². The molecule has 1 saturated heterocycles. The van der Waals surface area contributed by atoms with E-state index in [1.54, 1.807) is 35.3 Å². The van der Waals surface area contributed by atoms with E-state index in [2.05, 4.69) is 15.2 Å². The summed E-state index contributed by atoms with van der Waals surface area (Å²) in [6.45, 7) is 3.16. The van der Waals surface area contributed by atoms with Crippen molar-refractivity contribution in [2.45, 2.75) is 6.04 Å². The molecule has 0 spiro atoms. The highest BCUT2D eigenvalue weighted by molar-refractivity contribution is 5.92. The zero-order chi connectivity index (χ0) is 25.5. The molecule has 188 valence electrons. The summed E-state index contributed by atoms with van der Waals surface area (Å²) in [6, 6.07) is 20.0.